The molecular formula is C23H23N3O4. The van der Waals surface area contributed by atoms with Crippen LogP contribution in [0.2, 0.25) is 0 Å². The van der Waals surface area contributed by atoms with Crippen LogP contribution in [0.3, 0.4) is 0 Å². The van der Waals surface area contributed by atoms with Crippen molar-refractivity contribution in [2.45, 2.75) is 6.92 Å². The van der Waals surface area contributed by atoms with Gasteiger partial charge in [0.2, 0.25) is 5.75 Å². The molecule has 0 aliphatic carbocycles. The number of nitrogens with one attached hydrogen (secondary N) is 2. The third-order valence-electron chi connectivity index (χ3n) is 5.00. The monoisotopic (exact) mass is 405 g/mol. The van der Waals surface area contributed by atoms with Crippen LogP contribution < -0.4 is 19.5 Å². The van der Waals surface area contributed by atoms with E-state index in [2.05, 4.69) is 10.3 Å². The molecule has 0 spiro atoms. The molecule has 0 aliphatic heterocycles. The van der Waals surface area contributed by atoms with Crippen LogP contribution in [0.25, 0.3) is 33.1 Å². The van der Waals surface area contributed by atoms with E-state index in [1.54, 1.807) is 21.3 Å². The van der Waals surface area contributed by atoms with Crippen LogP contribution in [0.15, 0.2) is 42.5 Å². The molecule has 4 rings (SSSR count). The van der Waals surface area contributed by atoms with Crippen molar-refractivity contribution in [2.24, 2.45) is 0 Å². The van der Waals surface area contributed by atoms with Crippen molar-refractivity contribution in [1.29, 1.82) is 0 Å². The summed E-state index contributed by atoms with van der Waals surface area (Å²) in [4.78, 5) is 20.8. The number of ether oxygens (including phenoxy) is 3. The number of carbonyl (C=O) groups is 1. The molecule has 0 aliphatic rings. The highest BCUT2D eigenvalue weighted by atomic mass is 16.5. The number of nitrogens with zero attached hydrogens (tertiary/aromatic N) is 1. The largest absolute Gasteiger partial charge is 0.493 e. The van der Waals surface area contributed by atoms with Crippen LogP contribution >= 0.6 is 0 Å². The SMILES string of the molecule is CCNC(=O)c1cc2c([nH]c3ccccc32)c(-c2cc(OC)c(OC)c(OC)c2)n1. The second-order valence-electron chi connectivity index (χ2n) is 6.72. The lowest BCUT2D eigenvalue weighted by Gasteiger charge is -2.15. The maximum atomic E-state index is 12.6. The molecule has 0 fully saturated rings. The number of aromatic amines is 1. The predicted octanol–water partition coefficient (Wildman–Crippen LogP) is 4.16. The van der Waals surface area contributed by atoms with Crippen LogP contribution in [0, 0.1) is 0 Å². The second kappa shape index (κ2) is 7.94. The van der Waals surface area contributed by atoms with Crippen molar-refractivity contribution < 1.29 is 19.0 Å². The maximum absolute atomic E-state index is 12.6. The number of hydrogen-bond acceptors (Lipinski definition) is 5. The number of amides is 1. The Bertz CT molecular complexity index is 1220. The van der Waals surface area contributed by atoms with Crippen LogP contribution in [-0.2, 0) is 0 Å². The van der Waals surface area contributed by atoms with Crippen molar-refractivity contribution in [2.75, 3.05) is 27.9 Å². The molecule has 30 heavy (non-hydrogen) atoms. The first-order chi connectivity index (χ1) is 14.6. The van der Waals surface area contributed by atoms with Gasteiger partial charge >= 0.3 is 0 Å². The van der Waals surface area contributed by atoms with E-state index >= 15 is 0 Å². The first kappa shape index (κ1) is 19.6. The standard InChI is InChI=1S/C23H23N3O4/c1-5-24-23(27)17-12-15-14-8-6-7-9-16(14)25-21(15)20(26-17)13-10-18(28-2)22(30-4)19(11-13)29-3/h6-12,25H,5H2,1-4H3,(H,24,27). The van der Waals surface area contributed by atoms with Gasteiger partial charge in [-0.15, -0.1) is 0 Å². The summed E-state index contributed by atoms with van der Waals surface area (Å²) >= 11 is 0. The molecule has 2 N–H and O–H groups in total. The van der Waals surface area contributed by atoms with E-state index in [4.69, 9.17) is 19.2 Å². The summed E-state index contributed by atoms with van der Waals surface area (Å²) in [6, 6.07) is 13.4. The molecule has 0 saturated heterocycles. The highest BCUT2D eigenvalue weighted by molar-refractivity contribution is 6.13. The fourth-order valence-electron chi connectivity index (χ4n) is 3.64. The number of aromatic nitrogens is 2. The number of fused-ring (bicyclic) bond motifs is 3. The number of methoxy groups -OCH3 is 3. The lowest BCUT2D eigenvalue weighted by molar-refractivity contribution is 0.0951. The molecule has 0 atom stereocenters. The van der Waals surface area contributed by atoms with E-state index in [1.165, 1.54) is 0 Å². The first-order valence-electron chi connectivity index (χ1n) is 9.61. The smallest absolute Gasteiger partial charge is 0.269 e. The van der Waals surface area contributed by atoms with Gasteiger partial charge in [-0.05, 0) is 31.2 Å². The molecule has 4 aromatic rings. The van der Waals surface area contributed by atoms with Gasteiger partial charge in [-0.2, -0.15) is 0 Å². The predicted molar refractivity (Wildman–Crippen MR) is 117 cm³/mol. The summed E-state index contributed by atoms with van der Waals surface area (Å²) in [5.74, 6) is 1.30. The zero-order valence-electron chi connectivity index (χ0n) is 17.3. The van der Waals surface area contributed by atoms with Gasteiger partial charge in [-0.3, -0.25) is 4.79 Å². The van der Waals surface area contributed by atoms with Gasteiger partial charge in [0.05, 0.1) is 32.5 Å². The number of hydrogen-bond donors (Lipinski definition) is 2. The Hall–Kier alpha value is -3.74. The molecule has 7 nitrogen and oxygen atoms in total. The van der Waals surface area contributed by atoms with Gasteiger partial charge in [-0.1, -0.05) is 18.2 Å². The van der Waals surface area contributed by atoms with Crippen LogP contribution in [0.4, 0.5) is 0 Å². The minimum Gasteiger partial charge on any atom is -0.493 e. The maximum Gasteiger partial charge on any atom is 0.269 e. The Labute approximate surface area is 174 Å². The molecule has 0 radical (unpaired) electrons. The Morgan fingerprint density at radius 3 is 2.33 bits per heavy atom. The van der Waals surface area contributed by atoms with Crippen LogP contribution in [0.5, 0.6) is 17.2 Å². The topological polar surface area (TPSA) is 85.5 Å². The van der Waals surface area contributed by atoms with E-state index in [1.807, 2.05) is 49.4 Å². The lowest BCUT2D eigenvalue weighted by Crippen LogP contribution is -2.23. The molecule has 1 amide bonds. The third kappa shape index (κ3) is 3.18. The summed E-state index contributed by atoms with van der Waals surface area (Å²) in [5.41, 5.74) is 3.52. The van der Waals surface area contributed by atoms with Crippen LogP contribution in [0.1, 0.15) is 17.4 Å². The van der Waals surface area contributed by atoms with E-state index in [9.17, 15) is 4.79 Å². The quantitative estimate of drug-likeness (QED) is 0.503. The van der Waals surface area contributed by atoms with Gasteiger partial charge in [0.25, 0.3) is 5.91 Å². The average Bonchev–Trinajstić information content (AvgIpc) is 3.16. The van der Waals surface area contributed by atoms with Crippen molar-refractivity contribution in [1.82, 2.24) is 15.3 Å². The number of para-hydroxylation sites is 1. The summed E-state index contributed by atoms with van der Waals surface area (Å²) < 4.78 is 16.4. The summed E-state index contributed by atoms with van der Waals surface area (Å²) in [6.45, 7) is 2.40. The van der Waals surface area contributed by atoms with Crippen molar-refractivity contribution in [3.05, 3.63) is 48.2 Å². The van der Waals surface area contributed by atoms with Gasteiger partial charge in [0.1, 0.15) is 5.69 Å². The zero-order valence-corrected chi connectivity index (χ0v) is 17.3. The summed E-state index contributed by atoms with van der Waals surface area (Å²) in [5, 5.41) is 4.77. The molecule has 2 heterocycles. The third-order valence-corrected chi connectivity index (χ3v) is 5.00. The van der Waals surface area contributed by atoms with Gasteiger partial charge in [0.15, 0.2) is 11.5 Å². The number of carbonyl (C=O) groups excluding carboxylic acids is 1. The normalized spacial score (nSPS) is 10.9. The van der Waals surface area contributed by atoms with Crippen molar-refractivity contribution in [3.8, 4) is 28.5 Å². The molecule has 7 heteroatoms. The lowest BCUT2D eigenvalue weighted by atomic mass is 10.0. The number of H-pyrrole nitrogens is 1. The number of benzene rings is 2. The molecule has 154 valence electrons. The Kier molecular flexibility index (Phi) is 5.18. The van der Waals surface area contributed by atoms with Gasteiger partial charge < -0.3 is 24.5 Å². The molecule has 2 aromatic heterocycles. The Balaban J connectivity index is 2.05. The molecular weight excluding hydrogens is 382 g/mol. The minimum atomic E-state index is -0.224. The highest BCUT2D eigenvalue weighted by Gasteiger charge is 2.20. The first-order valence-corrected chi connectivity index (χ1v) is 9.61. The fourth-order valence-corrected chi connectivity index (χ4v) is 3.64. The van der Waals surface area contributed by atoms with Crippen molar-refractivity contribution in [3.63, 3.8) is 0 Å². The Morgan fingerprint density at radius 1 is 1.00 bits per heavy atom. The molecule has 0 unspecified atom stereocenters. The molecule has 2 aromatic carbocycles. The fraction of sp³-hybridized carbons (Fsp3) is 0.217. The van der Waals surface area contributed by atoms with E-state index in [0.717, 1.165) is 27.4 Å². The van der Waals surface area contributed by atoms with E-state index < -0.39 is 0 Å². The van der Waals surface area contributed by atoms with Crippen LogP contribution in [-0.4, -0.2) is 43.7 Å². The molecule has 0 bridgehead atoms. The number of rotatable bonds is 6. The summed E-state index contributed by atoms with van der Waals surface area (Å²) in [6.07, 6.45) is 0. The molecule has 0 saturated carbocycles. The van der Waals surface area contributed by atoms with E-state index in [0.29, 0.717) is 35.2 Å². The average molecular weight is 405 g/mol. The van der Waals surface area contributed by atoms with E-state index in [-0.39, 0.29) is 5.91 Å². The second-order valence-corrected chi connectivity index (χ2v) is 6.72. The zero-order chi connectivity index (χ0) is 21.3. The highest BCUT2D eigenvalue weighted by Crippen LogP contribution is 2.42. The number of pyridine rings is 1. The van der Waals surface area contributed by atoms with Crippen molar-refractivity contribution >= 4 is 27.7 Å². The van der Waals surface area contributed by atoms with Gasteiger partial charge in [-0.25, -0.2) is 4.98 Å². The minimum absolute atomic E-state index is 0.224. The van der Waals surface area contributed by atoms with Gasteiger partial charge in [0, 0.05) is 28.4 Å². The summed E-state index contributed by atoms with van der Waals surface area (Å²) in [7, 11) is 4.69. The Morgan fingerprint density at radius 2 is 1.70 bits per heavy atom.